The second kappa shape index (κ2) is 7.72. The first kappa shape index (κ1) is 19.6. The van der Waals surface area contributed by atoms with E-state index in [0.29, 0.717) is 5.75 Å². The SMILES string of the molecule is COc1cc(-c2cncc3cc(-c4ccc5cnn(C)c5c4)nn23)cc([Se]C)c1OC. The molecule has 156 valence electrons. The fourth-order valence-corrected chi connectivity index (χ4v) is 5.08. The van der Waals surface area contributed by atoms with Crippen LogP contribution in [0.5, 0.6) is 11.5 Å². The zero-order valence-corrected chi connectivity index (χ0v) is 19.4. The van der Waals surface area contributed by atoms with E-state index in [9.17, 15) is 0 Å². The Morgan fingerprint density at radius 3 is 2.58 bits per heavy atom. The molecule has 8 heteroatoms. The van der Waals surface area contributed by atoms with Crippen molar-refractivity contribution in [1.82, 2.24) is 24.4 Å². The van der Waals surface area contributed by atoms with E-state index in [1.807, 2.05) is 40.9 Å². The van der Waals surface area contributed by atoms with Gasteiger partial charge < -0.3 is 0 Å². The maximum atomic E-state index is 5.60. The van der Waals surface area contributed by atoms with Gasteiger partial charge in [-0.15, -0.1) is 0 Å². The molecule has 3 heterocycles. The Morgan fingerprint density at radius 1 is 0.935 bits per heavy atom. The van der Waals surface area contributed by atoms with Crippen molar-refractivity contribution >= 4 is 35.8 Å². The molecular weight excluding hydrogens is 457 g/mol. The Balaban J connectivity index is 1.68. The summed E-state index contributed by atoms with van der Waals surface area (Å²) >= 11 is 0.240. The summed E-state index contributed by atoms with van der Waals surface area (Å²) in [5.74, 6) is 3.66. The Kier molecular flexibility index (Phi) is 4.88. The summed E-state index contributed by atoms with van der Waals surface area (Å²) in [7, 11) is 5.28. The first-order chi connectivity index (χ1) is 15.1. The Morgan fingerprint density at radius 2 is 1.81 bits per heavy atom. The minimum atomic E-state index is 0.240. The normalized spacial score (nSPS) is 11.4. The van der Waals surface area contributed by atoms with Crippen LogP contribution in [0.15, 0.2) is 55.0 Å². The quantitative estimate of drug-likeness (QED) is 0.363. The number of rotatable bonds is 5. The van der Waals surface area contributed by atoms with Crippen LogP contribution in [0.3, 0.4) is 0 Å². The van der Waals surface area contributed by atoms with E-state index in [1.165, 1.54) is 0 Å². The fraction of sp³-hybridized carbons (Fsp3) is 0.174. The number of fused-ring (bicyclic) bond motifs is 2. The van der Waals surface area contributed by atoms with Crippen molar-refractivity contribution in [3.63, 3.8) is 0 Å². The standard InChI is InChI=1S/C23H21N5O2Se/c1-27-19-7-14(5-6-15(19)11-25-27)18-10-17-12-24-13-20(28(17)26-18)16-8-21(29-2)23(30-3)22(9-16)31-4/h5-13H,1-4H3. The molecular formula is C23H21N5O2Se. The predicted molar refractivity (Wildman–Crippen MR) is 122 cm³/mol. The second-order valence-corrected chi connectivity index (χ2v) is 8.89. The molecule has 0 bridgehead atoms. The molecule has 0 radical (unpaired) electrons. The van der Waals surface area contributed by atoms with Gasteiger partial charge in [0, 0.05) is 0 Å². The van der Waals surface area contributed by atoms with Gasteiger partial charge in [0.25, 0.3) is 0 Å². The summed E-state index contributed by atoms with van der Waals surface area (Å²) in [4.78, 5) is 4.46. The van der Waals surface area contributed by atoms with Gasteiger partial charge >= 0.3 is 186 Å². The van der Waals surface area contributed by atoms with Crippen molar-refractivity contribution in [3.8, 4) is 34.0 Å². The maximum absolute atomic E-state index is 5.60. The van der Waals surface area contributed by atoms with E-state index in [-0.39, 0.29) is 15.0 Å². The summed E-state index contributed by atoms with van der Waals surface area (Å²) in [6, 6.07) is 12.4. The third-order valence-electron chi connectivity index (χ3n) is 5.37. The van der Waals surface area contributed by atoms with Gasteiger partial charge in [0.15, 0.2) is 0 Å². The fourth-order valence-electron chi connectivity index (χ4n) is 3.79. The van der Waals surface area contributed by atoms with Crippen LogP contribution < -0.4 is 13.9 Å². The van der Waals surface area contributed by atoms with E-state index in [2.05, 4.69) is 46.2 Å². The number of nitrogens with zero attached hydrogens (tertiary/aromatic N) is 5. The summed E-state index contributed by atoms with van der Waals surface area (Å²) < 4.78 is 16.1. The van der Waals surface area contributed by atoms with E-state index >= 15 is 0 Å². The molecule has 0 aliphatic rings. The van der Waals surface area contributed by atoms with Crippen LogP contribution in [0.25, 0.3) is 38.9 Å². The third-order valence-corrected chi connectivity index (χ3v) is 6.93. The Bertz CT molecular complexity index is 1400. The molecule has 5 aromatic rings. The number of ether oxygens (including phenoxy) is 2. The number of aromatic nitrogens is 5. The van der Waals surface area contributed by atoms with E-state index < -0.39 is 0 Å². The minimum absolute atomic E-state index is 0.240. The van der Waals surface area contributed by atoms with Crippen LogP contribution >= 0.6 is 0 Å². The number of benzene rings is 2. The van der Waals surface area contributed by atoms with Crippen molar-refractivity contribution in [2.24, 2.45) is 7.05 Å². The van der Waals surface area contributed by atoms with Crippen LogP contribution in [-0.4, -0.2) is 53.6 Å². The van der Waals surface area contributed by atoms with E-state index in [4.69, 9.17) is 14.6 Å². The van der Waals surface area contributed by atoms with Crippen molar-refractivity contribution in [3.05, 3.63) is 55.0 Å². The van der Waals surface area contributed by atoms with Gasteiger partial charge in [0.05, 0.1) is 0 Å². The second-order valence-electron chi connectivity index (χ2n) is 7.11. The molecule has 0 N–H and O–H groups in total. The van der Waals surface area contributed by atoms with E-state index in [1.54, 1.807) is 14.2 Å². The Labute approximate surface area is 185 Å². The van der Waals surface area contributed by atoms with Gasteiger partial charge in [-0.1, -0.05) is 0 Å². The van der Waals surface area contributed by atoms with Crippen LogP contribution in [0.1, 0.15) is 0 Å². The average molecular weight is 478 g/mol. The molecule has 2 aromatic carbocycles. The molecule has 0 saturated heterocycles. The van der Waals surface area contributed by atoms with Gasteiger partial charge in [-0.3, -0.25) is 0 Å². The van der Waals surface area contributed by atoms with Crippen LogP contribution in [-0.2, 0) is 7.05 Å². The average Bonchev–Trinajstić information content (AvgIpc) is 3.41. The zero-order chi connectivity index (χ0) is 21.5. The number of hydrogen-bond acceptors (Lipinski definition) is 5. The van der Waals surface area contributed by atoms with Gasteiger partial charge in [0.2, 0.25) is 0 Å². The summed E-state index contributed by atoms with van der Waals surface area (Å²) in [6.07, 6.45) is 5.53. The van der Waals surface area contributed by atoms with Crippen molar-refractivity contribution in [1.29, 1.82) is 0 Å². The summed E-state index contributed by atoms with van der Waals surface area (Å²) in [5, 5.41) is 10.4. The molecule has 0 fully saturated rings. The monoisotopic (exact) mass is 479 g/mol. The number of hydrogen-bond donors (Lipinski definition) is 0. The van der Waals surface area contributed by atoms with Gasteiger partial charge in [-0.2, -0.15) is 0 Å². The van der Waals surface area contributed by atoms with Crippen molar-refractivity contribution in [2.45, 2.75) is 5.82 Å². The predicted octanol–water partition coefficient (Wildman–Crippen LogP) is 3.34. The molecule has 7 nitrogen and oxygen atoms in total. The van der Waals surface area contributed by atoms with Gasteiger partial charge in [-0.25, -0.2) is 0 Å². The van der Waals surface area contributed by atoms with Crippen LogP contribution in [0.2, 0.25) is 5.82 Å². The summed E-state index contributed by atoms with van der Waals surface area (Å²) in [6.45, 7) is 0. The van der Waals surface area contributed by atoms with Gasteiger partial charge in [-0.05, 0) is 0 Å². The summed E-state index contributed by atoms with van der Waals surface area (Å²) in [5.41, 5.74) is 5.81. The topological polar surface area (TPSA) is 66.5 Å². The first-order valence-electron chi connectivity index (χ1n) is 9.69. The molecule has 0 amide bonds. The Hall–Kier alpha value is -3.35. The van der Waals surface area contributed by atoms with E-state index in [0.717, 1.165) is 49.1 Å². The molecule has 0 atom stereocenters. The van der Waals surface area contributed by atoms with Gasteiger partial charge in [0.1, 0.15) is 0 Å². The molecule has 5 rings (SSSR count). The van der Waals surface area contributed by atoms with Crippen molar-refractivity contribution in [2.75, 3.05) is 14.2 Å². The molecule has 3 aromatic heterocycles. The van der Waals surface area contributed by atoms with Crippen LogP contribution in [0, 0.1) is 0 Å². The molecule has 0 aliphatic carbocycles. The number of methoxy groups -OCH3 is 2. The molecule has 31 heavy (non-hydrogen) atoms. The zero-order valence-electron chi connectivity index (χ0n) is 17.7. The number of aryl methyl sites for hydroxylation is 1. The van der Waals surface area contributed by atoms with Crippen LogP contribution in [0.4, 0.5) is 0 Å². The first-order valence-corrected chi connectivity index (χ1v) is 12.3. The third kappa shape index (κ3) is 3.24. The molecule has 0 saturated carbocycles. The molecule has 0 unspecified atom stereocenters. The van der Waals surface area contributed by atoms with Crippen molar-refractivity contribution < 1.29 is 9.47 Å². The molecule has 0 aliphatic heterocycles. The molecule has 0 spiro atoms.